The van der Waals surface area contributed by atoms with E-state index >= 15 is 0 Å². The topological polar surface area (TPSA) is 35.0 Å². The summed E-state index contributed by atoms with van der Waals surface area (Å²) >= 11 is 7.75. The minimum Gasteiger partial charge on any atom is -0.481 e. The summed E-state index contributed by atoms with van der Waals surface area (Å²) in [4.78, 5) is 8.11. The minimum atomic E-state index is -0.521. The zero-order chi connectivity index (χ0) is 12.4. The van der Waals surface area contributed by atoms with Gasteiger partial charge in [0, 0.05) is 15.8 Å². The summed E-state index contributed by atoms with van der Waals surface area (Å²) in [5, 5.41) is 0.0480. The molecule has 0 saturated heterocycles. The first-order chi connectivity index (χ1) is 8.13. The second-order valence-corrected chi connectivity index (χ2v) is 4.71. The van der Waals surface area contributed by atoms with Gasteiger partial charge in [-0.25, -0.2) is 9.37 Å². The van der Waals surface area contributed by atoms with Crippen molar-refractivity contribution >= 4 is 34.2 Å². The van der Waals surface area contributed by atoms with Crippen LogP contribution in [0.15, 0.2) is 24.4 Å². The average molecular weight is 365 g/mol. The quantitative estimate of drug-likeness (QED) is 0.604. The fourth-order valence-corrected chi connectivity index (χ4v) is 2.12. The molecule has 6 heteroatoms. The zero-order valence-electron chi connectivity index (χ0n) is 8.75. The van der Waals surface area contributed by atoms with Gasteiger partial charge < -0.3 is 4.74 Å². The fourth-order valence-electron chi connectivity index (χ4n) is 1.31. The van der Waals surface area contributed by atoms with E-state index in [4.69, 9.17) is 16.3 Å². The molecule has 0 fully saturated rings. The number of rotatable bonds is 2. The largest absolute Gasteiger partial charge is 0.481 e. The van der Waals surface area contributed by atoms with Crippen LogP contribution in [0.25, 0.3) is 11.4 Å². The molecule has 2 aromatic rings. The number of ether oxygens (including phenoxy) is 1. The van der Waals surface area contributed by atoms with Crippen LogP contribution in [0.2, 0.25) is 5.02 Å². The number of nitrogens with zero attached hydrogens (tertiary/aromatic N) is 2. The summed E-state index contributed by atoms with van der Waals surface area (Å²) in [6, 6.07) is 4.81. The summed E-state index contributed by atoms with van der Waals surface area (Å²) in [5.41, 5.74) is 0.289. The van der Waals surface area contributed by atoms with Crippen molar-refractivity contribution in [2.75, 3.05) is 7.11 Å². The molecule has 0 radical (unpaired) electrons. The summed E-state index contributed by atoms with van der Waals surface area (Å²) in [6.45, 7) is 0. The summed E-state index contributed by atoms with van der Waals surface area (Å²) in [5.74, 6) is 0.116. The van der Waals surface area contributed by atoms with Crippen LogP contribution in [0.3, 0.4) is 0 Å². The Balaban J connectivity index is 2.63. The van der Waals surface area contributed by atoms with Crippen molar-refractivity contribution < 1.29 is 9.13 Å². The lowest BCUT2D eigenvalue weighted by Crippen LogP contribution is -1.97. The zero-order valence-corrected chi connectivity index (χ0v) is 11.7. The molecule has 17 heavy (non-hydrogen) atoms. The predicted molar refractivity (Wildman–Crippen MR) is 71.7 cm³/mol. The van der Waals surface area contributed by atoms with Crippen LogP contribution in [0.4, 0.5) is 4.39 Å². The van der Waals surface area contributed by atoms with Gasteiger partial charge in [-0.15, -0.1) is 0 Å². The number of methoxy groups -OCH3 is 1. The van der Waals surface area contributed by atoms with Crippen LogP contribution in [-0.4, -0.2) is 17.1 Å². The Labute approximate surface area is 116 Å². The van der Waals surface area contributed by atoms with Crippen LogP contribution in [0.1, 0.15) is 0 Å². The predicted octanol–water partition coefficient (Wildman–Crippen LogP) is 3.55. The Morgan fingerprint density at radius 3 is 2.82 bits per heavy atom. The molecule has 0 bridgehead atoms. The number of aromatic nitrogens is 2. The molecule has 0 aliphatic carbocycles. The molecular formula is C11H7ClFIN2O. The van der Waals surface area contributed by atoms with E-state index < -0.39 is 5.82 Å². The van der Waals surface area contributed by atoms with Gasteiger partial charge in [0.05, 0.1) is 17.7 Å². The SMILES string of the molecule is COc1ccnc(-c2c(I)ccc(Cl)c2F)n1. The second-order valence-electron chi connectivity index (χ2n) is 3.14. The molecule has 0 spiro atoms. The van der Waals surface area contributed by atoms with Gasteiger partial charge in [0.2, 0.25) is 5.88 Å². The molecule has 0 atom stereocenters. The molecule has 1 aromatic heterocycles. The third-order valence-corrected chi connectivity index (χ3v) is 3.30. The summed E-state index contributed by atoms with van der Waals surface area (Å²) in [6.07, 6.45) is 1.51. The third kappa shape index (κ3) is 2.50. The molecule has 0 aliphatic rings. The Bertz CT molecular complexity index is 565. The van der Waals surface area contributed by atoms with Crippen molar-refractivity contribution in [1.29, 1.82) is 0 Å². The van der Waals surface area contributed by atoms with Gasteiger partial charge in [0.1, 0.15) is 0 Å². The highest BCUT2D eigenvalue weighted by Gasteiger charge is 2.15. The van der Waals surface area contributed by atoms with Crippen molar-refractivity contribution in [1.82, 2.24) is 9.97 Å². The maximum Gasteiger partial charge on any atom is 0.216 e. The van der Waals surface area contributed by atoms with E-state index in [0.29, 0.717) is 9.45 Å². The molecule has 1 aromatic carbocycles. The highest BCUT2D eigenvalue weighted by atomic mass is 127. The second kappa shape index (κ2) is 5.14. The molecule has 1 heterocycles. The lowest BCUT2D eigenvalue weighted by atomic mass is 10.2. The van der Waals surface area contributed by atoms with E-state index in [1.165, 1.54) is 19.4 Å². The van der Waals surface area contributed by atoms with Gasteiger partial charge in [-0.05, 0) is 34.7 Å². The standard InChI is InChI=1S/C11H7ClFIN2O/c1-17-8-4-5-15-11(16-8)9-7(14)3-2-6(12)10(9)13/h2-5H,1H3. The molecular weight excluding hydrogens is 357 g/mol. The summed E-state index contributed by atoms with van der Waals surface area (Å²) in [7, 11) is 1.49. The molecule has 2 rings (SSSR count). The maximum atomic E-state index is 13.9. The van der Waals surface area contributed by atoms with Crippen LogP contribution in [0.5, 0.6) is 5.88 Å². The van der Waals surface area contributed by atoms with Crippen molar-refractivity contribution in [2.24, 2.45) is 0 Å². The van der Waals surface area contributed by atoms with Crippen LogP contribution in [-0.2, 0) is 0 Å². The van der Waals surface area contributed by atoms with E-state index in [0.717, 1.165) is 0 Å². The van der Waals surface area contributed by atoms with E-state index in [1.807, 2.05) is 22.6 Å². The molecule has 0 unspecified atom stereocenters. The van der Waals surface area contributed by atoms with Crippen molar-refractivity contribution in [3.05, 3.63) is 38.8 Å². The number of halogens is 3. The highest BCUT2D eigenvalue weighted by Crippen LogP contribution is 2.30. The third-order valence-electron chi connectivity index (χ3n) is 2.11. The van der Waals surface area contributed by atoms with Gasteiger partial charge in [0.25, 0.3) is 0 Å². The van der Waals surface area contributed by atoms with Gasteiger partial charge in [-0.1, -0.05) is 11.6 Å². The number of hydrogen-bond acceptors (Lipinski definition) is 3. The average Bonchev–Trinajstić information content (AvgIpc) is 2.35. The first-order valence-electron chi connectivity index (χ1n) is 4.64. The minimum absolute atomic E-state index is 0.0480. The first-order valence-corrected chi connectivity index (χ1v) is 6.10. The molecule has 0 N–H and O–H groups in total. The molecule has 0 saturated carbocycles. The van der Waals surface area contributed by atoms with Gasteiger partial charge in [0.15, 0.2) is 11.6 Å². The maximum absolute atomic E-state index is 13.9. The van der Waals surface area contributed by atoms with Crippen molar-refractivity contribution in [3.63, 3.8) is 0 Å². The first kappa shape index (κ1) is 12.5. The molecule has 0 aliphatic heterocycles. The van der Waals surface area contributed by atoms with E-state index in [9.17, 15) is 4.39 Å². The van der Waals surface area contributed by atoms with Crippen LogP contribution < -0.4 is 4.74 Å². The number of benzene rings is 1. The Hall–Kier alpha value is -0.950. The van der Waals surface area contributed by atoms with Crippen molar-refractivity contribution in [3.8, 4) is 17.3 Å². The Morgan fingerprint density at radius 2 is 2.12 bits per heavy atom. The van der Waals surface area contributed by atoms with Gasteiger partial charge in [-0.3, -0.25) is 0 Å². The molecule has 0 amide bonds. The van der Waals surface area contributed by atoms with Crippen molar-refractivity contribution in [2.45, 2.75) is 0 Å². The number of hydrogen-bond donors (Lipinski definition) is 0. The normalized spacial score (nSPS) is 10.4. The van der Waals surface area contributed by atoms with E-state index in [-0.39, 0.29) is 16.4 Å². The Morgan fingerprint density at radius 1 is 1.35 bits per heavy atom. The highest BCUT2D eigenvalue weighted by molar-refractivity contribution is 14.1. The summed E-state index contributed by atoms with van der Waals surface area (Å²) < 4.78 is 19.6. The Kier molecular flexibility index (Phi) is 3.78. The van der Waals surface area contributed by atoms with E-state index in [1.54, 1.807) is 12.1 Å². The molecule has 88 valence electrons. The smallest absolute Gasteiger partial charge is 0.216 e. The lowest BCUT2D eigenvalue weighted by molar-refractivity contribution is 0.397. The van der Waals surface area contributed by atoms with Gasteiger partial charge >= 0.3 is 0 Å². The fraction of sp³-hybridized carbons (Fsp3) is 0.0909. The monoisotopic (exact) mass is 364 g/mol. The molecule has 3 nitrogen and oxygen atoms in total. The lowest BCUT2D eigenvalue weighted by Gasteiger charge is -2.07. The van der Waals surface area contributed by atoms with E-state index in [2.05, 4.69) is 9.97 Å². The van der Waals surface area contributed by atoms with Crippen LogP contribution >= 0.6 is 34.2 Å². The van der Waals surface area contributed by atoms with Crippen LogP contribution in [0, 0.1) is 9.39 Å². The van der Waals surface area contributed by atoms with Gasteiger partial charge in [-0.2, -0.15) is 4.98 Å².